The number of nitrogens with one attached hydrogen (secondary N) is 2. The van der Waals surface area contributed by atoms with Crippen LogP contribution in [0.15, 0.2) is 18.2 Å². The van der Waals surface area contributed by atoms with Crippen LogP contribution in [0.25, 0.3) is 0 Å². The van der Waals surface area contributed by atoms with Crippen molar-refractivity contribution >= 4 is 17.5 Å². The van der Waals surface area contributed by atoms with Crippen molar-refractivity contribution in [3.8, 4) is 0 Å². The molecule has 1 heterocycles. The quantitative estimate of drug-likeness (QED) is 0.559. The zero-order valence-corrected chi connectivity index (χ0v) is 16.5. The van der Waals surface area contributed by atoms with Gasteiger partial charge in [0.15, 0.2) is 0 Å². The lowest BCUT2D eigenvalue weighted by molar-refractivity contribution is -0.133. The number of hydrogen-bond donors (Lipinski definition) is 3. The number of fused-ring (bicyclic) bond motifs is 1. The number of carbonyl (C=O) groups excluding carboxylic acids is 2. The Morgan fingerprint density at radius 1 is 1.26 bits per heavy atom. The van der Waals surface area contributed by atoms with Crippen LogP contribution in [0.5, 0.6) is 0 Å². The molecule has 3 rings (SSSR count). The smallest absolute Gasteiger partial charge is 0.246 e. The van der Waals surface area contributed by atoms with Crippen LogP contribution in [0.1, 0.15) is 51.2 Å². The first-order chi connectivity index (χ1) is 12.9. The van der Waals surface area contributed by atoms with Crippen LogP contribution in [0.4, 0.5) is 5.69 Å². The van der Waals surface area contributed by atoms with E-state index in [0.29, 0.717) is 6.42 Å². The molecule has 27 heavy (non-hydrogen) atoms. The summed E-state index contributed by atoms with van der Waals surface area (Å²) in [6.07, 6.45) is 3.83. The van der Waals surface area contributed by atoms with Crippen LogP contribution in [0, 0.1) is 11.3 Å². The number of piperidine rings is 1. The van der Waals surface area contributed by atoms with Crippen molar-refractivity contribution in [1.29, 1.82) is 0 Å². The van der Waals surface area contributed by atoms with E-state index in [9.17, 15) is 9.59 Å². The van der Waals surface area contributed by atoms with Gasteiger partial charge in [0.2, 0.25) is 11.8 Å². The summed E-state index contributed by atoms with van der Waals surface area (Å²) in [6.45, 7) is 7.91. The van der Waals surface area contributed by atoms with E-state index < -0.39 is 0 Å². The van der Waals surface area contributed by atoms with Gasteiger partial charge in [-0.05, 0) is 82.3 Å². The third-order valence-electron chi connectivity index (χ3n) is 6.14. The summed E-state index contributed by atoms with van der Waals surface area (Å²) < 4.78 is 0. The van der Waals surface area contributed by atoms with Gasteiger partial charge in [-0.15, -0.1) is 0 Å². The maximum Gasteiger partial charge on any atom is 0.246 e. The highest BCUT2D eigenvalue weighted by atomic mass is 16.5. The lowest BCUT2D eigenvalue weighted by Crippen LogP contribution is -2.50. The molecule has 2 amide bonds. The predicted molar refractivity (Wildman–Crippen MR) is 105 cm³/mol. The normalized spacial score (nSPS) is 21.4. The Balaban J connectivity index is 1.89. The zero-order chi connectivity index (χ0) is 19.6. The number of rotatable bonds is 4. The molecule has 6 nitrogen and oxygen atoms in total. The van der Waals surface area contributed by atoms with Gasteiger partial charge >= 0.3 is 0 Å². The number of anilines is 1. The summed E-state index contributed by atoms with van der Waals surface area (Å²) in [4.78, 5) is 27.2. The molecule has 0 aromatic heterocycles. The summed E-state index contributed by atoms with van der Waals surface area (Å²) in [5.41, 5.74) is 4.66. The Morgan fingerprint density at radius 3 is 2.59 bits per heavy atom. The highest BCUT2D eigenvalue weighted by Crippen LogP contribution is 2.35. The van der Waals surface area contributed by atoms with Crippen LogP contribution in [-0.4, -0.2) is 36.2 Å². The van der Waals surface area contributed by atoms with Crippen molar-refractivity contribution in [1.82, 2.24) is 10.8 Å². The second-order valence-electron chi connectivity index (χ2n) is 8.45. The molecule has 0 radical (unpaired) electrons. The van der Waals surface area contributed by atoms with E-state index in [2.05, 4.69) is 24.4 Å². The van der Waals surface area contributed by atoms with E-state index in [1.807, 2.05) is 24.8 Å². The maximum atomic E-state index is 13.4. The van der Waals surface area contributed by atoms with Crippen molar-refractivity contribution in [3.05, 3.63) is 29.3 Å². The van der Waals surface area contributed by atoms with E-state index in [0.717, 1.165) is 50.0 Å². The average Bonchev–Trinajstić information content (AvgIpc) is 2.67. The topological polar surface area (TPSA) is 81.7 Å². The molecule has 0 spiro atoms. The lowest BCUT2D eigenvalue weighted by Gasteiger charge is -2.39. The molecule has 1 aromatic carbocycles. The first-order valence-corrected chi connectivity index (χ1v) is 9.96. The minimum atomic E-state index is -0.343. The molecule has 3 N–H and O–H groups in total. The molecule has 1 saturated heterocycles. The van der Waals surface area contributed by atoms with E-state index >= 15 is 0 Å². The van der Waals surface area contributed by atoms with Gasteiger partial charge < -0.3 is 10.2 Å². The molecule has 1 fully saturated rings. The second kappa shape index (κ2) is 7.98. The van der Waals surface area contributed by atoms with Gasteiger partial charge in [-0.3, -0.25) is 14.8 Å². The number of hydroxylamine groups is 1. The largest absolute Gasteiger partial charge is 0.317 e. The fraction of sp³-hybridized carbons (Fsp3) is 0.619. The van der Waals surface area contributed by atoms with Gasteiger partial charge in [-0.2, -0.15) is 0 Å². The standard InChI is InChI=1S/C21H31N3O3/c1-14(2)24(20(26)21(3)8-10-22-11-9-21)18-7-6-15-4-5-16(19(25)23-27)12-17(15)13-18/h6-7,13-14,16,22,27H,4-5,8-12H2,1-3H3,(H,23,25). The van der Waals surface area contributed by atoms with Crippen LogP contribution in [0.2, 0.25) is 0 Å². The van der Waals surface area contributed by atoms with Crippen molar-refractivity contribution in [3.63, 3.8) is 0 Å². The molecule has 148 valence electrons. The summed E-state index contributed by atoms with van der Waals surface area (Å²) in [6, 6.07) is 6.25. The van der Waals surface area contributed by atoms with E-state index in [1.165, 1.54) is 5.56 Å². The fourth-order valence-electron chi connectivity index (χ4n) is 4.34. The van der Waals surface area contributed by atoms with Crippen LogP contribution in [-0.2, 0) is 22.4 Å². The monoisotopic (exact) mass is 373 g/mol. The molecule has 0 saturated carbocycles. The molecule has 1 atom stereocenters. The van der Waals surface area contributed by atoms with Gasteiger partial charge in [0, 0.05) is 23.1 Å². The van der Waals surface area contributed by atoms with E-state index in [-0.39, 0.29) is 29.2 Å². The molecule has 2 aliphatic rings. The first-order valence-electron chi connectivity index (χ1n) is 9.96. The molecule has 1 unspecified atom stereocenters. The van der Waals surface area contributed by atoms with Gasteiger partial charge in [-0.1, -0.05) is 13.0 Å². The number of aryl methyl sites for hydroxylation is 1. The Bertz CT molecular complexity index is 711. The SMILES string of the molecule is CC(C)N(C(=O)C1(C)CCNCC1)c1ccc2c(c1)CC(C(=O)NO)CC2. The molecule has 1 aromatic rings. The Kier molecular flexibility index (Phi) is 5.86. The highest BCUT2D eigenvalue weighted by molar-refractivity contribution is 5.98. The molecule has 1 aliphatic heterocycles. The number of carbonyl (C=O) groups is 2. The Morgan fingerprint density at radius 2 is 1.96 bits per heavy atom. The summed E-state index contributed by atoms with van der Waals surface area (Å²) in [7, 11) is 0. The van der Waals surface area contributed by atoms with Crippen molar-refractivity contribution in [2.45, 2.75) is 58.9 Å². The molecule has 6 heteroatoms. The van der Waals surface area contributed by atoms with E-state index in [1.54, 1.807) is 5.48 Å². The molecular weight excluding hydrogens is 342 g/mol. The van der Waals surface area contributed by atoms with Crippen molar-refractivity contribution < 1.29 is 14.8 Å². The minimum absolute atomic E-state index is 0.0578. The summed E-state index contributed by atoms with van der Waals surface area (Å²) in [5.74, 6) is -0.368. The van der Waals surface area contributed by atoms with Gasteiger partial charge in [-0.25, -0.2) is 5.48 Å². The third-order valence-corrected chi connectivity index (χ3v) is 6.14. The second-order valence-corrected chi connectivity index (χ2v) is 8.45. The fourth-order valence-corrected chi connectivity index (χ4v) is 4.34. The van der Waals surface area contributed by atoms with Crippen LogP contribution in [0.3, 0.4) is 0 Å². The van der Waals surface area contributed by atoms with Gasteiger partial charge in [0.1, 0.15) is 0 Å². The lowest BCUT2D eigenvalue weighted by atomic mass is 9.79. The maximum absolute atomic E-state index is 13.4. The van der Waals surface area contributed by atoms with Crippen molar-refractivity contribution in [2.75, 3.05) is 18.0 Å². The Hall–Kier alpha value is -1.92. The molecule has 0 bridgehead atoms. The molecule has 1 aliphatic carbocycles. The zero-order valence-electron chi connectivity index (χ0n) is 16.5. The minimum Gasteiger partial charge on any atom is -0.317 e. The third kappa shape index (κ3) is 4.01. The number of benzene rings is 1. The van der Waals surface area contributed by atoms with Crippen molar-refractivity contribution in [2.24, 2.45) is 11.3 Å². The van der Waals surface area contributed by atoms with Crippen LogP contribution >= 0.6 is 0 Å². The van der Waals surface area contributed by atoms with Gasteiger partial charge in [0.25, 0.3) is 0 Å². The average molecular weight is 373 g/mol. The summed E-state index contributed by atoms with van der Waals surface area (Å²) >= 11 is 0. The number of hydrogen-bond acceptors (Lipinski definition) is 4. The molecular formula is C21H31N3O3. The Labute approximate surface area is 161 Å². The van der Waals surface area contributed by atoms with Gasteiger partial charge in [0.05, 0.1) is 0 Å². The number of nitrogens with zero attached hydrogens (tertiary/aromatic N) is 1. The summed E-state index contributed by atoms with van der Waals surface area (Å²) in [5, 5.41) is 12.3. The van der Waals surface area contributed by atoms with Crippen LogP contribution < -0.4 is 15.7 Å². The predicted octanol–water partition coefficient (Wildman–Crippen LogP) is 2.43. The first kappa shape index (κ1) is 19.8. The van der Waals surface area contributed by atoms with E-state index in [4.69, 9.17) is 5.21 Å². The highest BCUT2D eigenvalue weighted by Gasteiger charge is 2.39. The number of amides is 2.